The highest BCUT2D eigenvalue weighted by Gasteiger charge is 2.23. The number of amides is 2. The van der Waals surface area contributed by atoms with Gasteiger partial charge in [0.05, 0.1) is 11.4 Å². The number of benzene rings is 1. The summed E-state index contributed by atoms with van der Waals surface area (Å²) in [7, 11) is 0. The maximum Gasteiger partial charge on any atom is 0.245 e. The Morgan fingerprint density at radius 3 is 2.33 bits per heavy atom. The summed E-state index contributed by atoms with van der Waals surface area (Å²) >= 11 is 0. The third kappa shape index (κ3) is 5.18. The molecular formula is C21H30N4O2. The smallest absolute Gasteiger partial charge is 0.245 e. The highest BCUT2D eigenvalue weighted by Crippen LogP contribution is 2.26. The summed E-state index contributed by atoms with van der Waals surface area (Å²) in [5, 5.41) is 7.63. The number of para-hydroxylation sites is 1. The fourth-order valence-electron chi connectivity index (χ4n) is 2.70. The van der Waals surface area contributed by atoms with Crippen molar-refractivity contribution in [3.63, 3.8) is 0 Å². The van der Waals surface area contributed by atoms with E-state index in [2.05, 4.69) is 26.1 Å². The fraction of sp³-hybridized carbons (Fsp3) is 0.476. The first-order valence-electron chi connectivity index (χ1n) is 9.38. The molecule has 1 heterocycles. The third-order valence-electron chi connectivity index (χ3n) is 4.31. The van der Waals surface area contributed by atoms with Crippen LogP contribution in [-0.4, -0.2) is 39.1 Å². The van der Waals surface area contributed by atoms with Crippen molar-refractivity contribution in [2.24, 2.45) is 0 Å². The summed E-state index contributed by atoms with van der Waals surface area (Å²) in [6, 6.07) is 11.5. The number of aromatic nitrogens is 2. The number of nitrogens with zero attached hydrogens (tertiary/aromatic N) is 3. The molecule has 1 aromatic heterocycles. The Balaban J connectivity index is 2.30. The maximum atomic E-state index is 12.6. The second kappa shape index (κ2) is 8.37. The minimum absolute atomic E-state index is 0.0230. The lowest BCUT2D eigenvalue weighted by molar-refractivity contribution is -0.136. The van der Waals surface area contributed by atoms with Gasteiger partial charge in [-0.05, 0) is 26.0 Å². The highest BCUT2D eigenvalue weighted by molar-refractivity contribution is 5.94. The molecule has 146 valence electrons. The summed E-state index contributed by atoms with van der Waals surface area (Å²) in [6.07, 6.45) is 0.377. The van der Waals surface area contributed by atoms with Crippen LogP contribution in [0.15, 0.2) is 36.4 Å². The summed E-state index contributed by atoms with van der Waals surface area (Å²) in [4.78, 5) is 26.3. The molecule has 0 spiro atoms. The number of nitrogens with one attached hydrogen (secondary N) is 1. The van der Waals surface area contributed by atoms with Gasteiger partial charge in [-0.2, -0.15) is 5.10 Å². The minimum atomic E-state index is -0.233. The molecule has 0 saturated heterocycles. The van der Waals surface area contributed by atoms with Gasteiger partial charge in [-0.3, -0.25) is 9.59 Å². The van der Waals surface area contributed by atoms with Crippen LogP contribution < -0.4 is 5.32 Å². The van der Waals surface area contributed by atoms with Gasteiger partial charge in [0.2, 0.25) is 11.8 Å². The molecule has 0 aliphatic rings. The van der Waals surface area contributed by atoms with Crippen molar-refractivity contribution in [2.75, 3.05) is 11.9 Å². The molecule has 0 fully saturated rings. The summed E-state index contributed by atoms with van der Waals surface area (Å²) in [6.45, 7) is 11.9. The lowest BCUT2D eigenvalue weighted by Crippen LogP contribution is -2.42. The summed E-state index contributed by atoms with van der Waals surface area (Å²) < 4.78 is 1.74. The van der Waals surface area contributed by atoms with Crippen LogP contribution in [0, 0.1) is 0 Å². The molecule has 0 saturated carbocycles. The number of rotatable bonds is 6. The van der Waals surface area contributed by atoms with E-state index in [1.54, 1.807) is 16.5 Å². The van der Waals surface area contributed by atoms with E-state index in [1.165, 1.54) is 0 Å². The van der Waals surface area contributed by atoms with Crippen molar-refractivity contribution in [1.29, 1.82) is 0 Å². The quantitative estimate of drug-likeness (QED) is 0.842. The molecule has 0 atom stereocenters. The number of carbonyl (C=O) groups is 2. The highest BCUT2D eigenvalue weighted by atomic mass is 16.2. The Hall–Kier alpha value is -2.63. The van der Waals surface area contributed by atoms with Gasteiger partial charge in [0.25, 0.3) is 0 Å². The molecule has 0 aliphatic heterocycles. The largest absolute Gasteiger partial charge is 0.331 e. The van der Waals surface area contributed by atoms with Crippen LogP contribution in [0.2, 0.25) is 0 Å². The van der Waals surface area contributed by atoms with Crippen LogP contribution in [0.5, 0.6) is 0 Å². The van der Waals surface area contributed by atoms with Crippen molar-refractivity contribution >= 4 is 17.6 Å². The second-order valence-corrected chi connectivity index (χ2v) is 7.93. The molecule has 27 heavy (non-hydrogen) atoms. The average Bonchev–Trinajstić information content (AvgIpc) is 3.03. The molecule has 2 rings (SSSR count). The van der Waals surface area contributed by atoms with Crippen LogP contribution >= 0.6 is 0 Å². The van der Waals surface area contributed by atoms with Crippen molar-refractivity contribution in [3.05, 3.63) is 42.1 Å². The van der Waals surface area contributed by atoms with Crippen LogP contribution in [0.3, 0.4) is 0 Å². The van der Waals surface area contributed by atoms with Gasteiger partial charge in [-0.1, -0.05) is 45.9 Å². The van der Waals surface area contributed by atoms with E-state index in [0.29, 0.717) is 12.2 Å². The van der Waals surface area contributed by atoms with Gasteiger partial charge in [-0.25, -0.2) is 4.68 Å². The second-order valence-electron chi connectivity index (χ2n) is 7.93. The van der Waals surface area contributed by atoms with E-state index >= 15 is 0 Å². The van der Waals surface area contributed by atoms with Gasteiger partial charge in [0.15, 0.2) is 0 Å². The molecule has 1 aromatic carbocycles. The molecule has 0 unspecified atom stereocenters. The predicted molar refractivity (Wildman–Crippen MR) is 108 cm³/mol. The zero-order valence-electron chi connectivity index (χ0n) is 17.1. The average molecular weight is 370 g/mol. The first-order chi connectivity index (χ1) is 12.6. The van der Waals surface area contributed by atoms with Crippen molar-refractivity contribution < 1.29 is 9.59 Å². The van der Waals surface area contributed by atoms with Gasteiger partial charge in [-0.15, -0.1) is 0 Å². The predicted octanol–water partition coefficient (Wildman–Crippen LogP) is 3.76. The van der Waals surface area contributed by atoms with E-state index < -0.39 is 0 Å². The maximum absolute atomic E-state index is 12.6. The minimum Gasteiger partial charge on any atom is -0.331 e. The van der Waals surface area contributed by atoms with Crippen molar-refractivity contribution in [2.45, 2.75) is 59.4 Å². The SMILES string of the molecule is CCC(=O)N(CC(=O)Nc1cc(C(C)(C)C)nn1-c1ccccc1)C(C)C. The van der Waals surface area contributed by atoms with Crippen LogP contribution in [0.25, 0.3) is 5.69 Å². The molecule has 2 aromatic rings. The van der Waals surface area contributed by atoms with Crippen LogP contribution in [0.1, 0.15) is 53.7 Å². The summed E-state index contributed by atoms with van der Waals surface area (Å²) in [5.41, 5.74) is 1.60. The topological polar surface area (TPSA) is 67.2 Å². The van der Waals surface area contributed by atoms with E-state index in [-0.39, 0.29) is 29.8 Å². The zero-order valence-corrected chi connectivity index (χ0v) is 17.1. The van der Waals surface area contributed by atoms with E-state index in [9.17, 15) is 9.59 Å². The van der Waals surface area contributed by atoms with E-state index in [4.69, 9.17) is 5.10 Å². The molecule has 0 radical (unpaired) electrons. The van der Waals surface area contributed by atoms with Gasteiger partial charge < -0.3 is 10.2 Å². The molecular weight excluding hydrogens is 340 g/mol. The Kier molecular flexibility index (Phi) is 6.41. The first kappa shape index (κ1) is 20.7. The molecule has 6 nitrogen and oxygen atoms in total. The Bertz CT molecular complexity index is 788. The van der Waals surface area contributed by atoms with E-state index in [1.807, 2.05) is 50.2 Å². The van der Waals surface area contributed by atoms with Crippen molar-refractivity contribution in [3.8, 4) is 5.69 Å². The van der Waals surface area contributed by atoms with Gasteiger partial charge >= 0.3 is 0 Å². The Labute approximate surface area is 161 Å². The number of hydrogen-bond donors (Lipinski definition) is 1. The Morgan fingerprint density at radius 2 is 1.81 bits per heavy atom. The lowest BCUT2D eigenvalue weighted by Gasteiger charge is -2.25. The number of anilines is 1. The normalized spacial score (nSPS) is 11.5. The molecule has 0 bridgehead atoms. The van der Waals surface area contributed by atoms with Gasteiger partial charge in [0, 0.05) is 23.9 Å². The Morgan fingerprint density at radius 1 is 1.19 bits per heavy atom. The number of hydrogen-bond acceptors (Lipinski definition) is 3. The van der Waals surface area contributed by atoms with Gasteiger partial charge in [0.1, 0.15) is 12.4 Å². The van der Waals surface area contributed by atoms with Crippen molar-refractivity contribution in [1.82, 2.24) is 14.7 Å². The fourth-order valence-corrected chi connectivity index (χ4v) is 2.70. The molecule has 6 heteroatoms. The van der Waals surface area contributed by atoms with Crippen LogP contribution in [0.4, 0.5) is 5.82 Å². The first-order valence-corrected chi connectivity index (χ1v) is 9.38. The molecule has 1 N–H and O–H groups in total. The van der Waals surface area contributed by atoms with Crippen LogP contribution in [-0.2, 0) is 15.0 Å². The lowest BCUT2D eigenvalue weighted by atomic mass is 9.92. The number of carbonyl (C=O) groups excluding carboxylic acids is 2. The standard InChI is InChI=1S/C21H30N4O2/c1-7-20(27)24(15(2)3)14-19(26)22-18-13-17(21(4,5)6)23-25(18)16-11-9-8-10-12-16/h8-13,15H,7,14H2,1-6H3,(H,22,26). The molecule has 2 amide bonds. The van der Waals surface area contributed by atoms with E-state index in [0.717, 1.165) is 11.4 Å². The zero-order chi connectivity index (χ0) is 20.2. The molecule has 0 aliphatic carbocycles. The monoisotopic (exact) mass is 370 g/mol. The third-order valence-corrected chi connectivity index (χ3v) is 4.31. The summed E-state index contributed by atoms with van der Waals surface area (Å²) in [5.74, 6) is 0.332.